The van der Waals surface area contributed by atoms with E-state index >= 15 is 0 Å². The summed E-state index contributed by atoms with van der Waals surface area (Å²) in [5.41, 5.74) is -0.587. The molecule has 1 fully saturated rings. The second-order valence-electron chi connectivity index (χ2n) is 6.62. The molecule has 1 aliphatic rings. The summed E-state index contributed by atoms with van der Waals surface area (Å²) < 4.78 is 15.8. The van der Waals surface area contributed by atoms with Crippen LogP contribution in [0.5, 0.6) is 0 Å². The van der Waals surface area contributed by atoms with E-state index in [9.17, 15) is 9.59 Å². The van der Waals surface area contributed by atoms with Crippen LogP contribution in [0.15, 0.2) is 0 Å². The highest BCUT2D eigenvalue weighted by Crippen LogP contribution is 2.14. The van der Waals surface area contributed by atoms with Crippen molar-refractivity contribution < 1.29 is 23.8 Å². The van der Waals surface area contributed by atoms with Crippen LogP contribution in [0.3, 0.4) is 0 Å². The zero-order valence-corrected chi connectivity index (χ0v) is 13.6. The molecule has 1 N–H and O–H groups in total. The summed E-state index contributed by atoms with van der Waals surface area (Å²) in [7, 11) is 0. The molecule has 1 heterocycles. The summed E-state index contributed by atoms with van der Waals surface area (Å²) in [5, 5.41) is 2.61. The van der Waals surface area contributed by atoms with Gasteiger partial charge in [-0.25, -0.2) is 9.59 Å². The van der Waals surface area contributed by atoms with Crippen LogP contribution in [-0.2, 0) is 19.0 Å². The van der Waals surface area contributed by atoms with Crippen molar-refractivity contribution in [1.29, 1.82) is 0 Å². The monoisotopic (exact) mass is 301 g/mol. The zero-order chi connectivity index (χ0) is 16.0. The molecule has 0 unspecified atom stereocenters. The molecule has 0 spiro atoms. The van der Waals surface area contributed by atoms with E-state index < -0.39 is 23.7 Å². The zero-order valence-electron chi connectivity index (χ0n) is 13.6. The molecule has 1 amide bonds. The quantitative estimate of drug-likeness (QED) is 0.806. The minimum Gasteiger partial charge on any atom is -0.458 e. The Bertz CT molecular complexity index is 356. The number of rotatable bonds is 4. The molecular formula is C15H27NO5. The van der Waals surface area contributed by atoms with Gasteiger partial charge in [0.2, 0.25) is 0 Å². The van der Waals surface area contributed by atoms with Gasteiger partial charge in [0.25, 0.3) is 0 Å². The number of alkyl carbamates (subject to hydrolysis) is 1. The molecule has 0 bridgehead atoms. The SMILES string of the molecule is CC(C)[C@H](NC(=O)OC1CCOCC1)C(=O)OC(C)(C)C. The van der Waals surface area contributed by atoms with E-state index in [0.29, 0.717) is 26.1 Å². The highest BCUT2D eigenvalue weighted by Gasteiger charge is 2.30. The maximum atomic E-state index is 12.1. The first-order valence-electron chi connectivity index (χ1n) is 7.47. The predicted molar refractivity (Wildman–Crippen MR) is 77.9 cm³/mol. The molecule has 1 rings (SSSR count). The molecule has 21 heavy (non-hydrogen) atoms. The van der Waals surface area contributed by atoms with Crippen molar-refractivity contribution in [2.45, 2.75) is 65.2 Å². The maximum Gasteiger partial charge on any atom is 0.408 e. The van der Waals surface area contributed by atoms with Gasteiger partial charge in [-0.3, -0.25) is 0 Å². The van der Waals surface area contributed by atoms with Gasteiger partial charge in [-0.05, 0) is 26.7 Å². The summed E-state index contributed by atoms with van der Waals surface area (Å²) in [5.74, 6) is -0.525. The number of amides is 1. The van der Waals surface area contributed by atoms with Gasteiger partial charge < -0.3 is 19.5 Å². The largest absolute Gasteiger partial charge is 0.458 e. The Morgan fingerprint density at radius 2 is 1.76 bits per heavy atom. The fourth-order valence-corrected chi connectivity index (χ4v) is 1.97. The molecule has 0 saturated carbocycles. The Kier molecular flexibility index (Phi) is 6.45. The van der Waals surface area contributed by atoms with Crippen LogP contribution >= 0.6 is 0 Å². The van der Waals surface area contributed by atoms with Crippen LogP contribution in [0.2, 0.25) is 0 Å². The lowest BCUT2D eigenvalue weighted by molar-refractivity contribution is -0.158. The van der Waals surface area contributed by atoms with E-state index in [-0.39, 0.29) is 12.0 Å². The minimum absolute atomic E-state index is 0.0814. The van der Waals surface area contributed by atoms with Crippen molar-refractivity contribution >= 4 is 12.1 Å². The predicted octanol–water partition coefficient (Wildman–Crippen LogP) is 2.26. The first-order chi connectivity index (χ1) is 9.69. The number of esters is 1. The Morgan fingerprint density at radius 1 is 1.19 bits per heavy atom. The number of hydrogen-bond acceptors (Lipinski definition) is 5. The Morgan fingerprint density at radius 3 is 2.24 bits per heavy atom. The average Bonchev–Trinajstić information content (AvgIpc) is 2.34. The first kappa shape index (κ1) is 17.8. The average molecular weight is 301 g/mol. The van der Waals surface area contributed by atoms with Crippen molar-refractivity contribution in [2.75, 3.05) is 13.2 Å². The van der Waals surface area contributed by atoms with E-state index in [1.54, 1.807) is 20.8 Å². The third-order valence-electron chi connectivity index (χ3n) is 3.04. The Balaban J connectivity index is 2.52. The summed E-state index contributed by atoms with van der Waals surface area (Å²) in [6.45, 7) is 10.3. The van der Waals surface area contributed by atoms with Gasteiger partial charge in [0.1, 0.15) is 17.7 Å². The van der Waals surface area contributed by atoms with Gasteiger partial charge >= 0.3 is 12.1 Å². The minimum atomic E-state index is -0.712. The molecule has 0 aromatic rings. The van der Waals surface area contributed by atoms with Crippen LogP contribution in [0, 0.1) is 5.92 Å². The first-order valence-corrected chi connectivity index (χ1v) is 7.47. The fourth-order valence-electron chi connectivity index (χ4n) is 1.97. The van der Waals surface area contributed by atoms with Crippen LogP contribution < -0.4 is 5.32 Å². The van der Waals surface area contributed by atoms with Gasteiger partial charge in [-0.1, -0.05) is 13.8 Å². The molecule has 0 aromatic heterocycles. The lowest BCUT2D eigenvalue weighted by Gasteiger charge is -2.27. The second-order valence-corrected chi connectivity index (χ2v) is 6.62. The Hall–Kier alpha value is -1.30. The molecule has 0 radical (unpaired) electrons. The van der Waals surface area contributed by atoms with Crippen molar-refractivity contribution in [3.63, 3.8) is 0 Å². The molecular weight excluding hydrogens is 274 g/mol. The standard InChI is InChI=1S/C15H27NO5/c1-10(2)12(13(17)21-15(3,4)5)16-14(18)20-11-6-8-19-9-7-11/h10-12H,6-9H2,1-5H3,(H,16,18)/t12-/m0/s1. The van der Waals surface area contributed by atoms with Crippen LogP contribution in [0.4, 0.5) is 4.79 Å². The highest BCUT2D eigenvalue weighted by molar-refractivity contribution is 5.81. The molecule has 6 nitrogen and oxygen atoms in total. The molecule has 1 aliphatic heterocycles. The highest BCUT2D eigenvalue weighted by atomic mass is 16.6. The fraction of sp³-hybridized carbons (Fsp3) is 0.867. The summed E-state index contributed by atoms with van der Waals surface area (Å²) >= 11 is 0. The van der Waals surface area contributed by atoms with Gasteiger partial charge in [0.05, 0.1) is 13.2 Å². The van der Waals surface area contributed by atoms with Gasteiger partial charge in [0, 0.05) is 12.8 Å². The number of hydrogen-bond donors (Lipinski definition) is 1. The van der Waals surface area contributed by atoms with E-state index in [0.717, 1.165) is 0 Å². The van der Waals surface area contributed by atoms with Crippen LogP contribution in [0.1, 0.15) is 47.5 Å². The van der Waals surface area contributed by atoms with Crippen molar-refractivity contribution in [2.24, 2.45) is 5.92 Å². The molecule has 0 aromatic carbocycles. The van der Waals surface area contributed by atoms with Crippen molar-refractivity contribution in [1.82, 2.24) is 5.32 Å². The van der Waals surface area contributed by atoms with Gasteiger partial charge in [-0.2, -0.15) is 0 Å². The van der Waals surface area contributed by atoms with Crippen molar-refractivity contribution in [3.8, 4) is 0 Å². The van der Waals surface area contributed by atoms with Crippen LogP contribution in [-0.4, -0.2) is 43.0 Å². The second kappa shape index (κ2) is 7.64. The number of nitrogens with one attached hydrogen (secondary N) is 1. The van der Waals surface area contributed by atoms with E-state index in [4.69, 9.17) is 14.2 Å². The molecule has 122 valence electrons. The van der Waals surface area contributed by atoms with Crippen LogP contribution in [0.25, 0.3) is 0 Å². The molecule has 1 saturated heterocycles. The third kappa shape index (κ3) is 6.80. The van der Waals surface area contributed by atoms with Gasteiger partial charge in [0.15, 0.2) is 0 Å². The summed E-state index contributed by atoms with van der Waals surface area (Å²) in [4.78, 5) is 24.0. The third-order valence-corrected chi connectivity index (χ3v) is 3.04. The smallest absolute Gasteiger partial charge is 0.408 e. The normalized spacial score (nSPS) is 18.2. The molecule has 6 heteroatoms. The lowest BCUT2D eigenvalue weighted by atomic mass is 10.0. The summed E-state index contributed by atoms with van der Waals surface area (Å²) in [6, 6.07) is -0.712. The van der Waals surface area contributed by atoms with Gasteiger partial charge in [-0.15, -0.1) is 0 Å². The van der Waals surface area contributed by atoms with E-state index in [1.807, 2.05) is 13.8 Å². The maximum absolute atomic E-state index is 12.1. The molecule has 1 atom stereocenters. The molecule has 0 aliphatic carbocycles. The summed E-state index contributed by atoms with van der Waals surface area (Å²) in [6.07, 6.45) is 0.648. The Labute approximate surface area is 126 Å². The number of ether oxygens (including phenoxy) is 3. The lowest BCUT2D eigenvalue weighted by Crippen LogP contribution is -2.48. The topological polar surface area (TPSA) is 73.9 Å². The van der Waals surface area contributed by atoms with E-state index in [1.165, 1.54) is 0 Å². The number of carbonyl (C=O) groups is 2. The van der Waals surface area contributed by atoms with Crippen molar-refractivity contribution in [3.05, 3.63) is 0 Å². The number of carbonyl (C=O) groups excluding carboxylic acids is 2. The van der Waals surface area contributed by atoms with E-state index in [2.05, 4.69) is 5.32 Å².